The molecule has 1 N–H and O–H groups in total. The maximum Gasteiger partial charge on any atom is 0.411 e. The Morgan fingerprint density at radius 1 is 1.22 bits per heavy atom. The Bertz CT molecular complexity index is 761. The van der Waals surface area contributed by atoms with E-state index in [1.54, 1.807) is 18.2 Å². The topological polar surface area (TPSA) is 99.9 Å². The van der Waals surface area contributed by atoms with Crippen LogP contribution < -0.4 is 14.8 Å². The smallest absolute Gasteiger partial charge is 0.411 e. The molecule has 0 spiro atoms. The van der Waals surface area contributed by atoms with Crippen molar-refractivity contribution in [3.8, 4) is 11.5 Å². The van der Waals surface area contributed by atoms with Crippen molar-refractivity contribution in [2.24, 2.45) is 0 Å². The normalized spacial score (nSPS) is 11.8. The average Bonchev–Trinajstić information content (AvgIpc) is 3.01. The maximum absolute atomic E-state index is 11.7. The first kappa shape index (κ1) is 14.6. The minimum Gasteiger partial charge on any atom is -0.454 e. The van der Waals surface area contributed by atoms with E-state index in [0.29, 0.717) is 11.5 Å². The van der Waals surface area contributed by atoms with Crippen molar-refractivity contribution in [3.05, 3.63) is 58.1 Å². The summed E-state index contributed by atoms with van der Waals surface area (Å²) in [6.45, 7) is 0.213. The first-order valence-electron chi connectivity index (χ1n) is 6.68. The quantitative estimate of drug-likeness (QED) is 0.687. The molecule has 0 saturated carbocycles. The number of nitrogens with zero attached hydrogens (tertiary/aromatic N) is 1. The Kier molecular flexibility index (Phi) is 3.96. The van der Waals surface area contributed by atoms with Crippen LogP contribution in [0.2, 0.25) is 0 Å². The summed E-state index contributed by atoms with van der Waals surface area (Å²) in [6.07, 6.45) is -0.705. The molecule has 0 aromatic heterocycles. The van der Waals surface area contributed by atoms with E-state index in [4.69, 9.17) is 14.2 Å². The fourth-order valence-corrected chi connectivity index (χ4v) is 2.03. The predicted molar refractivity (Wildman–Crippen MR) is 79.5 cm³/mol. The van der Waals surface area contributed by atoms with Gasteiger partial charge in [-0.1, -0.05) is 12.1 Å². The Morgan fingerprint density at radius 2 is 2.04 bits per heavy atom. The van der Waals surface area contributed by atoms with Gasteiger partial charge in [-0.05, 0) is 23.8 Å². The number of hydrogen-bond donors (Lipinski definition) is 1. The number of rotatable bonds is 4. The lowest BCUT2D eigenvalue weighted by Gasteiger charge is -2.07. The average molecular weight is 316 g/mol. The Balaban J connectivity index is 1.57. The lowest BCUT2D eigenvalue weighted by molar-refractivity contribution is -0.384. The summed E-state index contributed by atoms with van der Waals surface area (Å²) < 4.78 is 15.5. The van der Waals surface area contributed by atoms with Crippen LogP contribution in [-0.4, -0.2) is 17.8 Å². The molecule has 0 unspecified atom stereocenters. The van der Waals surface area contributed by atoms with Crippen LogP contribution in [0, 0.1) is 10.1 Å². The van der Waals surface area contributed by atoms with Crippen LogP contribution in [0.25, 0.3) is 0 Å². The highest BCUT2D eigenvalue weighted by molar-refractivity contribution is 5.85. The van der Waals surface area contributed by atoms with Crippen molar-refractivity contribution in [2.75, 3.05) is 12.1 Å². The van der Waals surface area contributed by atoms with E-state index in [1.807, 2.05) is 0 Å². The van der Waals surface area contributed by atoms with Crippen molar-refractivity contribution in [1.82, 2.24) is 0 Å². The van der Waals surface area contributed by atoms with E-state index in [-0.39, 0.29) is 24.8 Å². The number of carbonyl (C=O) groups excluding carboxylic acids is 1. The van der Waals surface area contributed by atoms with E-state index >= 15 is 0 Å². The van der Waals surface area contributed by atoms with Gasteiger partial charge in [0.15, 0.2) is 11.5 Å². The van der Waals surface area contributed by atoms with Gasteiger partial charge in [0.25, 0.3) is 5.69 Å². The van der Waals surface area contributed by atoms with Gasteiger partial charge in [0.1, 0.15) is 6.61 Å². The molecule has 2 aromatic carbocycles. The van der Waals surface area contributed by atoms with Gasteiger partial charge in [0.2, 0.25) is 6.79 Å². The van der Waals surface area contributed by atoms with Crippen LogP contribution >= 0.6 is 0 Å². The Labute approximate surface area is 130 Å². The third-order valence-corrected chi connectivity index (χ3v) is 3.11. The number of fused-ring (bicyclic) bond motifs is 1. The van der Waals surface area contributed by atoms with Crippen molar-refractivity contribution in [2.45, 2.75) is 6.61 Å². The zero-order valence-electron chi connectivity index (χ0n) is 11.9. The molecule has 0 fully saturated rings. The summed E-state index contributed by atoms with van der Waals surface area (Å²) in [5.41, 5.74) is 0.914. The number of ether oxygens (including phenoxy) is 3. The summed E-state index contributed by atoms with van der Waals surface area (Å²) in [4.78, 5) is 21.9. The number of carbonyl (C=O) groups is 1. The second-order valence-electron chi connectivity index (χ2n) is 4.70. The minimum absolute atomic E-state index is 0.0391. The highest BCUT2D eigenvalue weighted by Gasteiger charge is 2.14. The van der Waals surface area contributed by atoms with Gasteiger partial charge in [-0.25, -0.2) is 4.79 Å². The molecule has 23 heavy (non-hydrogen) atoms. The van der Waals surface area contributed by atoms with Gasteiger partial charge in [0.05, 0.1) is 10.6 Å². The molecular formula is C15H12N2O6. The molecule has 2 aromatic rings. The predicted octanol–water partition coefficient (Wildman–Crippen LogP) is 3.07. The van der Waals surface area contributed by atoms with E-state index < -0.39 is 11.0 Å². The zero-order valence-corrected chi connectivity index (χ0v) is 11.9. The van der Waals surface area contributed by atoms with Gasteiger partial charge >= 0.3 is 6.09 Å². The molecule has 0 saturated heterocycles. The molecule has 1 aliphatic heterocycles. The molecule has 1 heterocycles. The fourth-order valence-electron chi connectivity index (χ4n) is 2.03. The monoisotopic (exact) mass is 316 g/mol. The van der Waals surface area contributed by atoms with Crippen LogP contribution in [0.4, 0.5) is 16.2 Å². The number of non-ortho nitro benzene ring substituents is 1. The van der Waals surface area contributed by atoms with Crippen LogP contribution in [0.5, 0.6) is 11.5 Å². The maximum atomic E-state index is 11.7. The number of amides is 1. The molecule has 0 radical (unpaired) electrons. The molecule has 8 heteroatoms. The van der Waals surface area contributed by atoms with Gasteiger partial charge < -0.3 is 14.2 Å². The molecule has 0 aliphatic carbocycles. The lowest BCUT2D eigenvalue weighted by Crippen LogP contribution is -2.13. The van der Waals surface area contributed by atoms with E-state index in [2.05, 4.69) is 5.32 Å². The second-order valence-corrected chi connectivity index (χ2v) is 4.70. The van der Waals surface area contributed by atoms with Crippen LogP contribution in [0.15, 0.2) is 42.5 Å². The summed E-state index contributed by atoms with van der Waals surface area (Å²) in [6, 6.07) is 10.8. The third kappa shape index (κ3) is 3.49. The van der Waals surface area contributed by atoms with Crippen molar-refractivity contribution in [1.29, 1.82) is 0 Å². The van der Waals surface area contributed by atoms with Crippen LogP contribution in [0.1, 0.15) is 5.56 Å². The van der Waals surface area contributed by atoms with Crippen LogP contribution in [0.3, 0.4) is 0 Å². The van der Waals surface area contributed by atoms with E-state index in [0.717, 1.165) is 5.56 Å². The lowest BCUT2D eigenvalue weighted by atomic mass is 10.2. The fraction of sp³-hybridized carbons (Fsp3) is 0.133. The largest absolute Gasteiger partial charge is 0.454 e. The molecule has 8 nitrogen and oxygen atoms in total. The molecule has 0 atom stereocenters. The summed E-state index contributed by atoms with van der Waals surface area (Å²) in [7, 11) is 0. The molecule has 0 bridgehead atoms. The second kappa shape index (κ2) is 6.22. The number of hydrogen-bond acceptors (Lipinski definition) is 6. The molecule has 3 rings (SSSR count). The highest BCUT2D eigenvalue weighted by atomic mass is 16.7. The van der Waals surface area contributed by atoms with Crippen molar-refractivity contribution >= 4 is 17.5 Å². The SMILES string of the molecule is O=C(Nc1cccc([N+](=O)[O-])c1)OCc1ccc2c(c1)OCO2. The summed E-state index contributed by atoms with van der Waals surface area (Å²) >= 11 is 0. The standard InChI is InChI=1S/C15H12N2O6/c18-15(16-11-2-1-3-12(7-11)17(19)20)21-8-10-4-5-13-14(6-10)23-9-22-13/h1-7H,8-9H2,(H,16,18). The Morgan fingerprint density at radius 3 is 2.87 bits per heavy atom. The van der Waals surface area contributed by atoms with Crippen LogP contribution in [-0.2, 0) is 11.3 Å². The molecular weight excluding hydrogens is 304 g/mol. The van der Waals surface area contributed by atoms with Crippen molar-refractivity contribution in [3.63, 3.8) is 0 Å². The zero-order chi connectivity index (χ0) is 16.2. The summed E-state index contributed by atoms with van der Waals surface area (Å²) in [5.74, 6) is 1.25. The first-order valence-corrected chi connectivity index (χ1v) is 6.68. The van der Waals surface area contributed by atoms with Gasteiger partial charge in [-0.3, -0.25) is 15.4 Å². The number of nitro groups is 1. The highest BCUT2D eigenvalue weighted by Crippen LogP contribution is 2.32. The molecule has 118 valence electrons. The van der Waals surface area contributed by atoms with Gasteiger partial charge in [-0.15, -0.1) is 0 Å². The third-order valence-electron chi connectivity index (χ3n) is 3.11. The van der Waals surface area contributed by atoms with Crippen molar-refractivity contribution < 1.29 is 23.9 Å². The first-order chi connectivity index (χ1) is 11.1. The van der Waals surface area contributed by atoms with Gasteiger partial charge in [0, 0.05) is 12.1 Å². The Hall–Kier alpha value is -3.29. The summed E-state index contributed by atoms with van der Waals surface area (Å²) in [5, 5.41) is 13.1. The number of nitro benzene ring substituents is 1. The minimum atomic E-state index is -0.705. The van der Waals surface area contributed by atoms with E-state index in [9.17, 15) is 14.9 Å². The number of anilines is 1. The number of benzene rings is 2. The molecule has 1 aliphatic rings. The van der Waals surface area contributed by atoms with E-state index in [1.165, 1.54) is 24.3 Å². The molecule has 1 amide bonds. The van der Waals surface area contributed by atoms with Gasteiger partial charge in [-0.2, -0.15) is 0 Å². The number of nitrogens with one attached hydrogen (secondary N) is 1.